The van der Waals surface area contributed by atoms with Crippen molar-refractivity contribution in [3.63, 3.8) is 0 Å². The lowest BCUT2D eigenvalue weighted by Crippen LogP contribution is -2.20. The third-order valence-electron chi connectivity index (χ3n) is 2.58. The van der Waals surface area contributed by atoms with Crippen LogP contribution in [0.5, 0.6) is 5.75 Å². The third-order valence-corrected chi connectivity index (χ3v) is 2.89. The van der Waals surface area contributed by atoms with Crippen LogP contribution in [0, 0.1) is 0 Å². The fourth-order valence-corrected chi connectivity index (χ4v) is 2.00. The molecule has 0 N–H and O–H groups in total. The Morgan fingerprint density at radius 1 is 1.47 bits per heavy atom. The van der Waals surface area contributed by atoms with Crippen molar-refractivity contribution < 1.29 is 4.74 Å². The molecule has 0 radical (unpaired) electrons. The summed E-state index contributed by atoms with van der Waals surface area (Å²) in [6.45, 7) is 2.64. The lowest BCUT2D eigenvalue weighted by Gasteiger charge is -2.08. The second-order valence-electron chi connectivity index (χ2n) is 3.72. The molecule has 0 fully saturated rings. The van der Waals surface area contributed by atoms with Crippen LogP contribution in [-0.2, 0) is 6.54 Å². The lowest BCUT2D eigenvalue weighted by molar-refractivity contribution is 0.418. The zero-order valence-corrected chi connectivity index (χ0v) is 10.5. The van der Waals surface area contributed by atoms with Crippen molar-refractivity contribution in [2.45, 2.75) is 19.9 Å². The highest BCUT2D eigenvalue weighted by Crippen LogP contribution is 2.26. The fourth-order valence-electron chi connectivity index (χ4n) is 1.77. The Kier molecular flexibility index (Phi) is 3.33. The molecular formula is C12H13ClN2O2. The van der Waals surface area contributed by atoms with Crippen molar-refractivity contribution in [3.05, 3.63) is 33.8 Å². The van der Waals surface area contributed by atoms with Gasteiger partial charge in [-0.15, -0.1) is 0 Å². The van der Waals surface area contributed by atoms with Gasteiger partial charge < -0.3 is 4.74 Å². The van der Waals surface area contributed by atoms with E-state index in [0.29, 0.717) is 28.2 Å². The highest BCUT2D eigenvalue weighted by atomic mass is 35.5. The first-order valence-electron chi connectivity index (χ1n) is 5.40. The van der Waals surface area contributed by atoms with Gasteiger partial charge in [-0.05, 0) is 18.6 Å². The van der Waals surface area contributed by atoms with Gasteiger partial charge in [0.25, 0.3) is 5.56 Å². The summed E-state index contributed by atoms with van der Waals surface area (Å²) in [6.07, 6.45) is 2.40. The van der Waals surface area contributed by atoms with Gasteiger partial charge in [0.1, 0.15) is 11.3 Å². The number of rotatable bonds is 3. The second-order valence-corrected chi connectivity index (χ2v) is 4.12. The second kappa shape index (κ2) is 4.75. The van der Waals surface area contributed by atoms with Gasteiger partial charge in [0, 0.05) is 6.54 Å². The van der Waals surface area contributed by atoms with E-state index in [4.69, 9.17) is 16.3 Å². The van der Waals surface area contributed by atoms with Crippen LogP contribution in [0.2, 0.25) is 5.02 Å². The highest BCUT2D eigenvalue weighted by molar-refractivity contribution is 6.35. The lowest BCUT2D eigenvalue weighted by atomic mass is 10.2. The highest BCUT2D eigenvalue weighted by Gasteiger charge is 2.11. The van der Waals surface area contributed by atoms with Crippen LogP contribution >= 0.6 is 11.6 Å². The SMILES string of the molecule is CCCn1cnc2c(OC)ccc(Cl)c2c1=O. The molecule has 1 aromatic heterocycles. The topological polar surface area (TPSA) is 44.1 Å². The monoisotopic (exact) mass is 252 g/mol. The fraction of sp³-hybridized carbons (Fsp3) is 0.333. The van der Waals surface area contributed by atoms with Gasteiger partial charge in [-0.3, -0.25) is 9.36 Å². The van der Waals surface area contributed by atoms with E-state index in [9.17, 15) is 4.79 Å². The number of ether oxygens (including phenoxy) is 1. The molecule has 2 aromatic rings. The van der Waals surface area contributed by atoms with Gasteiger partial charge in [0.15, 0.2) is 0 Å². The first kappa shape index (κ1) is 11.9. The summed E-state index contributed by atoms with van der Waals surface area (Å²) in [5, 5.41) is 0.825. The van der Waals surface area contributed by atoms with E-state index in [0.717, 1.165) is 6.42 Å². The Morgan fingerprint density at radius 2 is 2.24 bits per heavy atom. The predicted octanol–water partition coefficient (Wildman–Crippen LogP) is 2.47. The first-order valence-corrected chi connectivity index (χ1v) is 5.78. The van der Waals surface area contributed by atoms with Gasteiger partial charge in [0.05, 0.1) is 23.8 Å². The smallest absolute Gasteiger partial charge is 0.262 e. The maximum Gasteiger partial charge on any atom is 0.262 e. The third kappa shape index (κ3) is 2.00. The summed E-state index contributed by atoms with van der Waals surface area (Å²) in [5.74, 6) is 0.560. The predicted molar refractivity (Wildman–Crippen MR) is 67.9 cm³/mol. The molecule has 5 heteroatoms. The van der Waals surface area contributed by atoms with Gasteiger partial charge in [-0.25, -0.2) is 4.98 Å². The molecule has 0 bridgehead atoms. The molecule has 4 nitrogen and oxygen atoms in total. The molecular weight excluding hydrogens is 240 g/mol. The zero-order valence-electron chi connectivity index (χ0n) is 9.74. The standard InChI is InChI=1S/C12H13ClN2O2/c1-3-6-15-7-14-11-9(17-2)5-4-8(13)10(11)12(15)16/h4-5,7H,3,6H2,1-2H3. The molecule has 0 aliphatic rings. The molecule has 0 spiro atoms. The average Bonchev–Trinajstić information content (AvgIpc) is 2.33. The van der Waals surface area contributed by atoms with Gasteiger partial charge in [0.2, 0.25) is 0 Å². The molecule has 0 amide bonds. The van der Waals surface area contributed by atoms with E-state index in [-0.39, 0.29) is 5.56 Å². The summed E-state index contributed by atoms with van der Waals surface area (Å²) in [7, 11) is 1.54. The van der Waals surface area contributed by atoms with E-state index in [1.165, 1.54) is 6.33 Å². The van der Waals surface area contributed by atoms with E-state index in [1.807, 2.05) is 6.92 Å². The molecule has 0 aliphatic heterocycles. The number of aryl methyl sites for hydroxylation is 1. The summed E-state index contributed by atoms with van der Waals surface area (Å²) in [5.41, 5.74) is 0.387. The minimum Gasteiger partial charge on any atom is -0.494 e. The van der Waals surface area contributed by atoms with Gasteiger partial charge in [-0.1, -0.05) is 18.5 Å². The number of hydrogen-bond donors (Lipinski definition) is 0. The quantitative estimate of drug-likeness (QED) is 0.843. The molecule has 0 aliphatic carbocycles. The number of aromatic nitrogens is 2. The van der Waals surface area contributed by atoms with Crippen LogP contribution in [-0.4, -0.2) is 16.7 Å². The van der Waals surface area contributed by atoms with Crippen molar-refractivity contribution >= 4 is 22.5 Å². The van der Waals surface area contributed by atoms with Gasteiger partial charge in [-0.2, -0.15) is 0 Å². The largest absolute Gasteiger partial charge is 0.494 e. The summed E-state index contributed by atoms with van der Waals surface area (Å²) in [4.78, 5) is 16.4. The maximum absolute atomic E-state index is 12.2. The number of benzene rings is 1. The minimum absolute atomic E-state index is 0.124. The zero-order chi connectivity index (χ0) is 12.4. The number of fused-ring (bicyclic) bond motifs is 1. The van der Waals surface area contributed by atoms with E-state index in [2.05, 4.69) is 4.98 Å². The average molecular weight is 253 g/mol. The number of nitrogens with zero attached hydrogens (tertiary/aromatic N) is 2. The first-order chi connectivity index (χ1) is 8.19. The van der Waals surface area contributed by atoms with E-state index in [1.54, 1.807) is 23.8 Å². The Labute approximate surface area is 104 Å². The summed E-state index contributed by atoms with van der Waals surface area (Å²) in [6, 6.07) is 3.36. The van der Waals surface area contributed by atoms with Crippen molar-refractivity contribution in [2.75, 3.05) is 7.11 Å². The van der Waals surface area contributed by atoms with Crippen LogP contribution in [0.15, 0.2) is 23.3 Å². The van der Waals surface area contributed by atoms with Crippen LogP contribution < -0.4 is 10.3 Å². The van der Waals surface area contributed by atoms with Crippen LogP contribution in [0.25, 0.3) is 10.9 Å². The summed E-state index contributed by atoms with van der Waals surface area (Å²) >= 11 is 6.05. The Morgan fingerprint density at radius 3 is 2.88 bits per heavy atom. The van der Waals surface area contributed by atoms with Crippen molar-refractivity contribution in [3.8, 4) is 5.75 Å². The van der Waals surface area contributed by atoms with E-state index < -0.39 is 0 Å². The minimum atomic E-state index is -0.124. The Balaban J connectivity index is 2.81. The maximum atomic E-state index is 12.2. The van der Waals surface area contributed by atoms with Crippen LogP contribution in [0.1, 0.15) is 13.3 Å². The van der Waals surface area contributed by atoms with E-state index >= 15 is 0 Å². The van der Waals surface area contributed by atoms with Crippen LogP contribution in [0.4, 0.5) is 0 Å². The summed E-state index contributed by atoms with van der Waals surface area (Å²) < 4.78 is 6.73. The number of hydrogen-bond acceptors (Lipinski definition) is 3. The molecule has 0 saturated heterocycles. The molecule has 1 aromatic carbocycles. The molecule has 1 heterocycles. The molecule has 17 heavy (non-hydrogen) atoms. The normalized spacial score (nSPS) is 10.8. The van der Waals surface area contributed by atoms with Crippen molar-refractivity contribution in [2.24, 2.45) is 0 Å². The molecule has 2 rings (SSSR count). The molecule has 90 valence electrons. The van der Waals surface area contributed by atoms with Crippen molar-refractivity contribution in [1.29, 1.82) is 0 Å². The number of halogens is 1. The molecule has 0 unspecified atom stereocenters. The number of methoxy groups -OCH3 is 1. The molecule has 0 atom stereocenters. The Bertz CT molecular complexity index is 607. The van der Waals surface area contributed by atoms with Crippen molar-refractivity contribution in [1.82, 2.24) is 9.55 Å². The molecule has 0 saturated carbocycles. The Hall–Kier alpha value is -1.55. The van der Waals surface area contributed by atoms with Gasteiger partial charge >= 0.3 is 0 Å². The van der Waals surface area contributed by atoms with Crippen LogP contribution in [0.3, 0.4) is 0 Å².